The number of carbonyl (C=O) groups is 1. The minimum atomic E-state index is -0.300. The van der Waals surface area contributed by atoms with E-state index in [0.717, 1.165) is 17.0 Å². The second kappa shape index (κ2) is 7.68. The third kappa shape index (κ3) is 3.67. The van der Waals surface area contributed by atoms with Gasteiger partial charge in [-0.2, -0.15) is 0 Å². The van der Waals surface area contributed by atoms with E-state index < -0.39 is 0 Å². The molecule has 1 amide bonds. The average Bonchev–Trinajstić information content (AvgIpc) is 3.21. The van der Waals surface area contributed by atoms with Crippen LogP contribution in [0.3, 0.4) is 0 Å². The molecule has 142 valence electrons. The van der Waals surface area contributed by atoms with Crippen molar-refractivity contribution < 1.29 is 13.6 Å². The van der Waals surface area contributed by atoms with Crippen molar-refractivity contribution in [3.05, 3.63) is 89.3 Å². The van der Waals surface area contributed by atoms with Crippen LogP contribution in [0.25, 0.3) is 11.1 Å². The maximum atomic E-state index is 14.2. The van der Waals surface area contributed by atoms with E-state index in [1.807, 2.05) is 31.2 Å². The molecule has 0 aliphatic heterocycles. The van der Waals surface area contributed by atoms with Gasteiger partial charge in [0.25, 0.3) is 5.91 Å². The fraction of sp³-hybridized carbons (Fsp3) is 0.182. The second-order valence-corrected chi connectivity index (χ2v) is 6.64. The van der Waals surface area contributed by atoms with Crippen LogP contribution < -0.4 is 5.32 Å². The van der Waals surface area contributed by atoms with Gasteiger partial charge < -0.3 is 14.3 Å². The average molecular weight is 377 g/mol. The van der Waals surface area contributed by atoms with Gasteiger partial charge in [-0.05, 0) is 25.1 Å². The number of aromatic nitrogens is 2. The molecule has 0 radical (unpaired) electrons. The number of hydrogen-bond acceptors (Lipinski definition) is 3. The van der Waals surface area contributed by atoms with Gasteiger partial charge in [-0.3, -0.25) is 9.78 Å². The highest BCUT2D eigenvalue weighted by molar-refractivity contribution is 5.97. The molecule has 0 atom stereocenters. The van der Waals surface area contributed by atoms with E-state index in [0.29, 0.717) is 29.8 Å². The lowest BCUT2D eigenvalue weighted by atomic mass is 10.2. The SMILES string of the molecule is Cc1cc2c(cc(C(=O)NCCc3ccccn3)n2Cc2ccccc2F)o1. The van der Waals surface area contributed by atoms with Gasteiger partial charge in [0, 0.05) is 42.6 Å². The number of furan rings is 1. The maximum Gasteiger partial charge on any atom is 0.268 e. The molecule has 3 aromatic heterocycles. The number of amides is 1. The summed E-state index contributed by atoms with van der Waals surface area (Å²) < 4.78 is 21.6. The van der Waals surface area contributed by atoms with E-state index in [9.17, 15) is 9.18 Å². The maximum absolute atomic E-state index is 14.2. The Labute approximate surface area is 161 Å². The van der Waals surface area contributed by atoms with Crippen molar-refractivity contribution in [2.24, 2.45) is 0 Å². The number of nitrogens with zero attached hydrogens (tertiary/aromatic N) is 2. The lowest BCUT2D eigenvalue weighted by Crippen LogP contribution is -2.28. The minimum absolute atomic E-state index is 0.226. The zero-order chi connectivity index (χ0) is 19.5. The number of carbonyl (C=O) groups excluding carboxylic acids is 1. The smallest absolute Gasteiger partial charge is 0.268 e. The molecule has 28 heavy (non-hydrogen) atoms. The molecule has 0 unspecified atom stereocenters. The van der Waals surface area contributed by atoms with Crippen LogP contribution in [0, 0.1) is 12.7 Å². The summed E-state index contributed by atoms with van der Waals surface area (Å²) in [5, 5.41) is 2.92. The molecule has 6 heteroatoms. The highest BCUT2D eigenvalue weighted by atomic mass is 19.1. The number of hydrogen-bond donors (Lipinski definition) is 1. The third-order valence-electron chi connectivity index (χ3n) is 4.62. The normalized spacial score (nSPS) is 11.1. The van der Waals surface area contributed by atoms with E-state index in [2.05, 4.69) is 10.3 Å². The molecule has 0 fully saturated rings. The van der Waals surface area contributed by atoms with Gasteiger partial charge in [0.2, 0.25) is 0 Å². The molecule has 0 bridgehead atoms. The topological polar surface area (TPSA) is 60.1 Å². The monoisotopic (exact) mass is 377 g/mol. The summed E-state index contributed by atoms with van der Waals surface area (Å²) in [4.78, 5) is 17.1. The van der Waals surface area contributed by atoms with Crippen LogP contribution in [-0.2, 0) is 13.0 Å². The van der Waals surface area contributed by atoms with Crippen molar-refractivity contribution in [1.29, 1.82) is 0 Å². The number of pyridine rings is 1. The molecule has 4 aromatic rings. The van der Waals surface area contributed by atoms with Crippen LogP contribution in [0.1, 0.15) is 27.5 Å². The van der Waals surface area contributed by atoms with Gasteiger partial charge in [-0.15, -0.1) is 0 Å². The molecule has 5 nitrogen and oxygen atoms in total. The molecular weight excluding hydrogens is 357 g/mol. The zero-order valence-electron chi connectivity index (χ0n) is 15.5. The quantitative estimate of drug-likeness (QED) is 0.550. The first kappa shape index (κ1) is 18.0. The van der Waals surface area contributed by atoms with E-state index in [1.165, 1.54) is 6.07 Å². The van der Waals surface area contributed by atoms with Crippen LogP contribution in [0.15, 0.2) is 65.2 Å². The highest BCUT2D eigenvalue weighted by Gasteiger charge is 2.19. The Balaban J connectivity index is 1.58. The Morgan fingerprint density at radius 1 is 1.18 bits per heavy atom. The summed E-state index contributed by atoms with van der Waals surface area (Å²) in [6, 6.07) is 15.8. The second-order valence-electron chi connectivity index (χ2n) is 6.64. The molecule has 3 heterocycles. The minimum Gasteiger partial charge on any atom is -0.460 e. The van der Waals surface area contributed by atoms with E-state index in [4.69, 9.17) is 4.42 Å². The van der Waals surface area contributed by atoms with E-state index >= 15 is 0 Å². The molecule has 0 spiro atoms. The predicted octanol–water partition coefficient (Wildman–Crippen LogP) is 4.10. The van der Waals surface area contributed by atoms with Crippen molar-refractivity contribution in [2.75, 3.05) is 6.54 Å². The van der Waals surface area contributed by atoms with Crippen molar-refractivity contribution >= 4 is 17.0 Å². The Hall–Kier alpha value is -3.41. The lowest BCUT2D eigenvalue weighted by molar-refractivity contribution is 0.0945. The molecule has 0 aliphatic carbocycles. The molecule has 1 aromatic carbocycles. The largest absolute Gasteiger partial charge is 0.460 e. The van der Waals surface area contributed by atoms with Gasteiger partial charge in [0.15, 0.2) is 5.58 Å². The Morgan fingerprint density at radius 2 is 2.00 bits per heavy atom. The lowest BCUT2D eigenvalue weighted by Gasteiger charge is -2.11. The van der Waals surface area contributed by atoms with E-state index in [1.54, 1.807) is 35.0 Å². The van der Waals surface area contributed by atoms with Crippen LogP contribution in [-0.4, -0.2) is 22.0 Å². The van der Waals surface area contributed by atoms with Crippen LogP contribution in [0.5, 0.6) is 0 Å². The zero-order valence-corrected chi connectivity index (χ0v) is 15.5. The van der Waals surface area contributed by atoms with Gasteiger partial charge in [-0.1, -0.05) is 24.3 Å². The molecule has 0 aliphatic rings. The van der Waals surface area contributed by atoms with Gasteiger partial charge >= 0.3 is 0 Å². The standard InChI is InChI=1S/C22H20FN3O2/c1-15-12-19-21(28-15)13-20(26(19)14-16-6-2-3-8-18(16)23)22(27)25-11-9-17-7-4-5-10-24-17/h2-8,10,12-13H,9,11,14H2,1H3,(H,25,27). The molecule has 4 rings (SSSR count). The highest BCUT2D eigenvalue weighted by Crippen LogP contribution is 2.25. The number of nitrogens with one attached hydrogen (secondary N) is 1. The van der Waals surface area contributed by atoms with Crippen LogP contribution >= 0.6 is 0 Å². The van der Waals surface area contributed by atoms with Crippen molar-refractivity contribution in [3.63, 3.8) is 0 Å². The summed E-state index contributed by atoms with van der Waals surface area (Å²) in [5.41, 5.74) is 3.26. The summed E-state index contributed by atoms with van der Waals surface area (Å²) >= 11 is 0. The molecular formula is C22H20FN3O2. The number of halogens is 1. The molecule has 1 N–H and O–H groups in total. The van der Waals surface area contributed by atoms with Crippen LogP contribution in [0.2, 0.25) is 0 Å². The van der Waals surface area contributed by atoms with Crippen molar-refractivity contribution in [2.45, 2.75) is 19.9 Å². The first-order chi connectivity index (χ1) is 13.6. The van der Waals surface area contributed by atoms with Crippen LogP contribution in [0.4, 0.5) is 4.39 Å². The number of aryl methyl sites for hydroxylation is 1. The fourth-order valence-corrected chi connectivity index (χ4v) is 3.26. The number of benzene rings is 1. The Kier molecular flexibility index (Phi) is 4.93. The number of rotatable bonds is 6. The van der Waals surface area contributed by atoms with Gasteiger partial charge in [0.05, 0.1) is 12.1 Å². The van der Waals surface area contributed by atoms with Crippen molar-refractivity contribution in [1.82, 2.24) is 14.9 Å². The summed E-state index contributed by atoms with van der Waals surface area (Å²) in [6.07, 6.45) is 2.36. The third-order valence-corrected chi connectivity index (χ3v) is 4.62. The van der Waals surface area contributed by atoms with E-state index in [-0.39, 0.29) is 18.3 Å². The Morgan fingerprint density at radius 3 is 2.79 bits per heavy atom. The van der Waals surface area contributed by atoms with Crippen molar-refractivity contribution in [3.8, 4) is 0 Å². The summed E-state index contributed by atoms with van der Waals surface area (Å²) in [6.45, 7) is 2.55. The van der Waals surface area contributed by atoms with Gasteiger partial charge in [-0.25, -0.2) is 4.39 Å². The Bertz CT molecular complexity index is 1120. The summed E-state index contributed by atoms with van der Waals surface area (Å²) in [7, 11) is 0. The number of fused-ring (bicyclic) bond motifs is 1. The first-order valence-corrected chi connectivity index (χ1v) is 9.13. The first-order valence-electron chi connectivity index (χ1n) is 9.13. The molecule has 0 saturated heterocycles. The predicted molar refractivity (Wildman–Crippen MR) is 105 cm³/mol. The van der Waals surface area contributed by atoms with Gasteiger partial charge in [0.1, 0.15) is 17.3 Å². The fourth-order valence-electron chi connectivity index (χ4n) is 3.26. The summed E-state index contributed by atoms with van der Waals surface area (Å²) in [5.74, 6) is 0.219. The molecule has 0 saturated carbocycles.